The molecular formula is C20H23N3O. The van der Waals surface area contributed by atoms with E-state index in [0.717, 1.165) is 42.8 Å². The van der Waals surface area contributed by atoms with Crippen molar-refractivity contribution in [2.75, 3.05) is 13.1 Å². The van der Waals surface area contributed by atoms with Crippen LogP contribution in [0, 0.1) is 0 Å². The van der Waals surface area contributed by atoms with E-state index < -0.39 is 0 Å². The molecule has 1 atom stereocenters. The molecular weight excluding hydrogens is 298 g/mol. The predicted octanol–water partition coefficient (Wildman–Crippen LogP) is 3.01. The van der Waals surface area contributed by atoms with Gasteiger partial charge in [-0.25, -0.2) is 0 Å². The summed E-state index contributed by atoms with van der Waals surface area (Å²) in [5, 5.41) is 6.47. The largest absolute Gasteiger partial charge is 0.365 e. The molecule has 1 heterocycles. The lowest BCUT2D eigenvalue weighted by atomic mass is 10.1. The highest BCUT2D eigenvalue weighted by Crippen LogP contribution is 2.10. The topological polar surface area (TPSA) is 53.5 Å². The lowest BCUT2D eigenvalue weighted by molar-refractivity contribution is 0.0953. The number of benzene rings is 2. The van der Waals surface area contributed by atoms with Crippen molar-refractivity contribution < 1.29 is 4.79 Å². The average Bonchev–Trinajstić information content (AvgIpc) is 3.12. The number of hydrogen-bond acceptors (Lipinski definition) is 3. The van der Waals surface area contributed by atoms with Crippen LogP contribution in [0.25, 0.3) is 0 Å². The van der Waals surface area contributed by atoms with Crippen LogP contribution in [-0.4, -0.2) is 30.9 Å². The number of aliphatic imine (C=N–C) groups is 1. The van der Waals surface area contributed by atoms with Crippen LogP contribution in [-0.2, 0) is 0 Å². The van der Waals surface area contributed by atoms with Crippen LogP contribution in [0.15, 0.2) is 65.7 Å². The molecule has 2 N–H and O–H groups in total. The van der Waals surface area contributed by atoms with Crippen LogP contribution in [0.5, 0.6) is 0 Å². The molecule has 24 heavy (non-hydrogen) atoms. The van der Waals surface area contributed by atoms with Crippen molar-refractivity contribution in [2.24, 2.45) is 4.99 Å². The Morgan fingerprint density at radius 2 is 1.75 bits per heavy atom. The van der Waals surface area contributed by atoms with Gasteiger partial charge >= 0.3 is 0 Å². The fraction of sp³-hybridized carbons (Fsp3) is 0.300. The predicted molar refractivity (Wildman–Crippen MR) is 97.4 cm³/mol. The van der Waals surface area contributed by atoms with Gasteiger partial charge in [0.25, 0.3) is 5.91 Å². The molecule has 4 heteroatoms. The number of nitrogens with zero attached hydrogens (tertiary/aromatic N) is 1. The van der Waals surface area contributed by atoms with Crippen LogP contribution >= 0.6 is 0 Å². The van der Waals surface area contributed by atoms with Crippen LogP contribution in [0.1, 0.15) is 35.2 Å². The van der Waals surface area contributed by atoms with E-state index in [1.54, 1.807) is 0 Å². The quantitative estimate of drug-likeness (QED) is 0.770. The van der Waals surface area contributed by atoms with Crippen LogP contribution in [0.4, 0.5) is 0 Å². The number of amidine groups is 1. The van der Waals surface area contributed by atoms with Crippen molar-refractivity contribution in [3.63, 3.8) is 0 Å². The van der Waals surface area contributed by atoms with E-state index in [0.29, 0.717) is 12.6 Å². The number of unbranched alkanes of at least 4 members (excludes halogenated alkanes) is 1. The number of amides is 1. The van der Waals surface area contributed by atoms with E-state index in [1.165, 1.54) is 0 Å². The van der Waals surface area contributed by atoms with Gasteiger partial charge in [0, 0.05) is 23.7 Å². The molecule has 0 bridgehead atoms. The Bertz CT molecular complexity index is 683. The van der Waals surface area contributed by atoms with Gasteiger partial charge in [-0.2, -0.15) is 0 Å². The summed E-state index contributed by atoms with van der Waals surface area (Å²) in [5.74, 6) is 1.00. The molecule has 2 aromatic rings. The lowest BCUT2D eigenvalue weighted by Crippen LogP contribution is -2.31. The van der Waals surface area contributed by atoms with Gasteiger partial charge in [0.15, 0.2) is 0 Å². The molecule has 0 aliphatic carbocycles. The fourth-order valence-electron chi connectivity index (χ4n) is 2.83. The maximum atomic E-state index is 11.9. The summed E-state index contributed by atoms with van der Waals surface area (Å²) in [7, 11) is 0. The smallest absolute Gasteiger partial charge is 0.251 e. The molecule has 1 aliphatic heterocycles. The molecule has 1 aliphatic rings. The molecule has 0 radical (unpaired) electrons. The highest BCUT2D eigenvalue weighted by Gasteiger charge is 2.17. The number of nitrogens with one attached hydrogen (secondary N) is 2. The second kappa shape index (κ2) is 8.29. The molecule has 0 spiro atoms. The van der Waals surface area contributed by atoms with Gasteiger partial charge in [-0.15, -0.1) is 0 Å². The lowest BCUT2D eigenvalue weighted by Gasteiger charge is -2.12. The summed E-state index contributed by atoms with van der Waals surface area (Å²) in [4.78, 5) is 16.5. The first-order chi connectivity index (χ1) is 11.8. The number of carbonyl (C=O) groups is 1. The third-order valence-corrected chi connectivity index (χ3v) is 4.16. The minimum Gasteiger partial charge on any atom is -0.365 e. The van der Waals surface area contributed by atoms with Gasteiger partial charge < -0.3 is 10.6 Å². The van der Waals surface area contributed by atoms with Crippen molar-refractivity contribution in [3.8, 4) is 0 Å². The molecule has 1 amide bonds. The monoisotopic (exact) mass is 321 g/mol. The summed E-state index contributed by atoms with van der Waals surface area (Å²) in [6.45, 7) is 1.55. The first-order valence-corrected chi connectivity index (χ1v) is 8.52. The van der Waals surface area contributed by atoms with Crippen LogP contribution in [0.3, 0.4) is 0 Å². The van der Waals surface area contributed by atoms with Gasteiger partial charge in [0.1, 0.15) is 5.84 Å². The second-order valence-corrected chi connectivity index (χ2v) is 6.01. The molecule has 3 rings (SSSR count). The van der Waals surface area contributed by atoms with E-state index in [-0.39, 0.29) is 5.91 Å². The molecule has 0 unspecified atom stereocenters. The van der Waals surface area contributed by atoms with Gasteiger partial charge in [0.05, 0.1) is 6.54 Å². The number of hydrogen-bond donors (Lipinski definition) is 2. The summed E-state index contributed by atoms with van der Waals surface area (Å²) >= 11 is 0. The van der Waals surface area contributed by atoms with E-state index in [2.05, 4.69) is 27.8 Å². The Hall–Kier alpha value is -2.62. The minimum atomic E-state index is 0.00397. The highest BCUT2D eigenvalue weighted by molar-refractivity contribution is 6.00. The third-order valence-electron chi connectivity index (χ3n) is 4.16. The standard InChI is InChI=1S/C20H23N3O/c24-20(17-11-5-2-6-12-17)21-14-8-7-13-18-15-22-19(23-18)16-9-3-1-4-10-16/h1-6,9-12,18H,7-8,13-15H2,(H,21,24)(H,22,23)/t18-/m0/s1. The maximum absolute atomic E-state index is 11.9. The van der Waals surface area contributed by atoms with Gasteiger partial charge in [0.2, 0.25) is 0 Å². The van der Waals surface area contributed by atoms with Crippen molar-refractivity contribution in [1.29, 1.82) is 0 Å². The average molecular weight is 321 g/mol. The molecule has 0 aromatic heterocycles. The van der Waals surface area contributed by atoms with E-state index >= 15 is 0 Å². The fourth-order valence-corrected chi connectivity index (χ4v) is 2.83. The summed E-state index contributed by atoms with van der Waals surface area (Å²) in [6.07, 6.45) is 3.13. The molecule has 0 saturated heterocycles. The molecule has 2 aromatic carbocycles. The van der Waals surface area contributed by atoms with E-state index in [9.17, 15) is 4.79 Å². The second-order valence-electron chi connectivity index (χ2n) is 6.01. The van der Waals surface area contributed by atoms with Crippen molar-refractivity contribution in [3.05, 3.63) is 71.8 Å². The van der Waals surface area contributed by atoms with Gasteiger partial charge in [-0.3, -0.25) is 9.79 Å². The SMILES string of the molecule is O=C(NCCCC[C@H]1CN=C(c2ccccc2)N1)c1ccccc1. The maximum Gasteiger partial charge on any atom is 0.251 e. The number of rotatable bonds is 7. The van der Waals surface area contributed by atoms with Crippen molar-refractivity contribution >= 4 is 11.7 Å². The van der Waals surface area contributed by atoms with E-state index in [4.69, 9.17) is 0 Å². The Labute approximate surface area is 143 Å². The molecule has 124 valence electrons. The van der Waals surface area contributed by atoms with Crippen molar-refractivity contribution in [2.45, 2.75) is 25.3 Å². The highest BCUT2D eigenvalue weighted by atomic mass is 16.1. The minimum absolute atomic E-state index is 0.00397. The van der Waals surface area contributed by atoms with Gasteiger partial charge in [-0.1, -0.05) is 48.5 Å². The summed E-state index contributed by atoms with van der Waals surface area (Å²) in [6, 6.07) is 20.0. The zero-order chi connectivity index (χ0) is 16.6. The molecule has 0 fully saturated rings. The Morgan fingerprint density at radius 1 is 1.04 bits per heavy atom. The Kier molecular flexibility index (Phi) is 5.61. The first-order valence-electron chi connectivity index (χ1n) is 8.52. The van der Waals surface area contributed by atoms with Crippen LogP contribution in [0.2, 0.25) is 0 Å². The normalized spacial score (nSPS) is 16.3. The summed E-state index contributed by atoms with van der Waals surface area (Å²) in [5.41, 5.74) is 1.87. The Morgan fingerprint density at radius 3 is 2.50 bits per heavy atom. The first kappa shape index (κ1) is 16.2. The van der Waals surface area contributed by atoms with Crippen molar-refractivity contribution in [1.82, 2.24) is 10.6 Å². The third kappa shape index (κ3) is 4.44. The number of carbonyl (C=O) groups excluding carboxylic acids is 1. The zero-order valence-electron chi connectivity index (χ0n) is 13.7. The summed E-state index contributed by atoms with van der Waals surface area (Å²) < 4.78 is 0. The zero-order valence-corrected chi connectivity index (χ0v) is 13.7. The van der Waals surface area contributed by atoms with Crippen LogP contribution < -0.4 is 10.6 Å². The van der Waals surface area contributed by atoms with E-state index in [1.807, 2.05) is 48.5 Å². The molecule has 4 nitrogen and oxygen atoms in total. The Balaban J connectivity index is 1.32. The van der Waals surface area contributed by atoms with Gasteiger partial charge in [-0.05, 0) is 31.4 Å². The molecule has 0 saturated carbocycles.